The molecule has 0 unspecified atom stereocenters. The first-order chi connectivity index (χ1) is 21.8. The Balaban J connectivity index is 1.38. The number of hydrogen-bond donors (Lipinski definition) is 8. The minimum Gasteiger partial charge on any atom is -0.432 e. The van der Waals surface area contributed by atoms with Crippen LogP contribution in [0.15, 0.2) is 11.6 Å². The predicted octanol–water partition coefficient (Wildman–Crippen LogP) is 1.41. The number of rotatable bonds is 4. The van der Waals surface area contributed by atoms with E-state index < -0.39 is 77.8 Å². The highest BCUT2D eigenvalue weighted by Gasteiger charge is 2.71. The topological polar surface area (TPSA) is 197 Å². The molecule has 6 aliphatic rings. The highest BCUT2D eigenvalue weighted by molar-refractivity contribution is 5.79. The summed E-state index contributed by atoms with van der Waals surface area (Å²) in [5, 5.41) is 85.2. The predicted molar refractivity (Wildman–Crippen MR) is 169 cm³/mol. The van der Waals surface area contributed by atoms with E-state index in [1.54, 1.807) is 0 Å². The van der Waals surface area contributed by atoms with Gasteiger partial charge in [0.2, 0.25) is 6.29 Å². The van der Waals surface area contributed by atoms with Crippen molar-refractivity contribution in [3.8, 4) is 0 Å². The second-order valence-corrected chi connectivity index (χ2v) is 17.9. The summed E-state index contributed by atoms with van der Waals surface area (Å²) < 4.78 is 11.4. The van der Waals surface area contributed by atoms with Crippen LogP contribution in [-0.4, -0.2) is 109 Å². The second kappa shape index (κ2) is 11.4. The van der Waals surface area contributed by atoms with Gasteiger partial charge in [0.25, 0.3) is 0 Å². The second-order valence-electron chi connectivity index (χ2n) is 17.9. The molecule has 0 amide bonds. The molecule has 6 rings (SSSR count). The van der Waals surface area contributed by atoms with Gasteiger partial charge in [-0.05, 0) is 90.8 Å². The molecule has 1 heterocycles. The lowest BCUT2D eigenvalue weighted by Gasteiger charge is -2.71. The number of aliphatic hydroxyl groups is 8. The zero-order valence-corrected chi connectivity index (χ0v) is 28.8. The summed E-state index contributed by atoms with van der Waals surface area (Å²) in [6.07, 6.45) is -3.64. The van der Waals surface area contributed by atoms with Gasteiger partial charge in [-0.25, -0.2) is 0 Å². The smallest absolute Gasteiger partial charge is 0.315 e. The average Bonchev–Trinajstić information content (AvgIpc) is 3.01. The molecule has 0 aromatic carbocycles. The SMILES string of the molecule is CC1(C)C[C@@H]2C3=CC[C@@H]4[C@]5(C)C[C@@H](O)[C@H](O)[C@@](C)(CO)[C@H]5CC[C@@]4(C)[C@]3(C)CC[C@@]2(C(=O)O[C@@H]2O[C@H](CO)[C@@H](O)[C@H](O)[C@H]2O)C[C@H]1O. The Morgan fingerprint density at radius 3 is 2.19 bits per heavy atom. The summed E-state index contributed by atoms with van der Waals surface area (Å²) >= 11 is 0. The molecule has 8 N–H and O–H groups in total. The molecule has 268 valence electrons. The van der Waals surface area contributed by atoms with Gasteiger partial charge in [0.1, 0.15) is 24.4 Å². The van der Waals surface area contributed by atoms with E-state index in [4.69, 9.17) is 9.47 Å². The molecule has 16 atom stereocenters. The molecule has 11 heteroatoms. The third kappa shape index (κ3) is 4.74. The Hall–Kier alpha value is -1.15. The maximum Gasteiger partial charge on any atom is 0.315 e. The molecule has 1 aliphatic heterocycles. The fourth-order valence-corrected chi connectivity index (χ4v) is 12.1. The van der Waals surface area contributed by atoms with Gasteiger partial charge < -0.3 is 50.3 Å². The fraction of sp³-hybridized carbons (Fsp3) is 0.917. The molecule has 11 nitrogen and oxygen atoms in total. The number of hydrogen-bond acceptors (Lipinski definition) is 11. The van der Waals surface area contributed by atoms with Crippen molar-refractivity contribution in [2.75, 3.05) is 13.2 Å². The molecule has 47 heavy (non-hydrogen) atoms. The molecule has 0 spiro atoms. The lowest BCUT2D eigenvalue weighted by Crippen LogP contribution is -2.68. The third-order valence-corrected chi connectivity index (χ3v) is 15.4. The van der Waals surface area contributed by atoms with E-state index in [0.717, 1.165) is 19.3 Å². The number of carbonyl (C=O) groups excluding carboxylic acids is 1. The van der Waals surface area contributed by atoms with Crippen LogP contribution in [0.3, 0.4) is 0 Å². The quantitative estimate of drug-likeness (QED) is 0.160. The van der Waals surface area contributed by atoms with E-state index in [2.05, 4.69) is 26.8 Å². The molecular weight excluding hydrogens is 608 g/mol. The summed E-state index contributed by atoms with van der Waals surface area (Å²) in [6.45, 7) is 12.0. The van der Waals surface area contributed by atoms with Gasteiger partial charge in [0.05, 0.1) is 36.9 Å². The van der Waals surface area contributed by atoms with Gasteiger partial charge in [-0.3, -0.25) is 4.79 Å². The van der Waals surface area contributed by atoms with Crippen LogP contribution in [0.2, 0.25) is 0 Å². The van der Waals surface area contributed by atoms with Crippen molar-refractivity contribution in [3.63, 3.8) is 0 Å². The lowest BCUT2D eigenvalue weighted by molar-refractivity contribution is -0.298. The Labute approximate surface area is 278 Å². The van der Waals surface area contributed by atoms with Gasteiger partial charge in [0, 0.05) is 5.41 Å². The number of fused-ring (bicyclic) bond motifs is 7. The highest BCUT2D eigenvalue weighted by atomic mass is 16.7. The van der Waals surface area contributed by atoms with E-state index in [0.29, 0.717) is 25.7 Å². The van der Waals surface area contributed by atoms with Crippen molar-refractivity contribution in [2.45, 2.75) is 142 Å². The van der Waals surface area contributed by atoms with Crippen LogP contribution in [0.1, 0.15) is 92.9 Å². The lowest BCUT2D eigenvalue weighted by atomic mass is 9.33. The van der Waals surface area contributed by atoms with Gasteiger partial charge >= 0.3 is 5.97 Å². The van der Waals surface area contributed by atoms with Crippen molar-refractivity contribution in [1.82, 2.24) is 0 Å². The minimum atomic E-state index is -1.72. The number of aliphatic hydroxyl groups excluding tert-OH is 8. The normalized spacial score (nSPS) is 55.4. The van der Waals surface area contributed by atoms with Crippen LogP contribution < -0.4 is 0 Å². The van der Waals surface area contributed by atoms with E-state index >= 15 is 0 Å². The van der Waals surface area contributed by atoms with E-state index in [9.17, 15) is 45.6 Å². The van der Waals surface area contributed by atoms with Crippen LogP contribution >= 0.6 is 0 Å². The van der Waals surface area contributed by atoms with Gasteiger partial charge in [0.15, 0.2) is 0 Å². The van der Waals surface area contributed by atoms with Crippen LogP contribution in [0.25, 0.3) is 0 Å². The maximum atomic E-state index is 14.4. The van der Waals surface area contributed by atoms with Gasteiger partial charge in [-0.15, -0.1) is 0 Å². The molecule has 4 saturated carbocycles. The third-order valence-electron chi connectivity index (χ3n) is 15.4. The maximum absolute atomic E-state index is 14.4. The molecule has 0 radical (unpaired) electrons. The molecule has 5 aliphatic carbocycles. The first-order valence-corrected chi connectivity index (χ1v) is 17.6. The van der Waals surface area contributed by atoms with Crippen molar-refractivity contribution < 1.29 is 55.1 Å². The summed E-state index contributed by atoms with van der Waals surface area (Å²) in [4.78, 5) is 14.4. The first-order valence-electron chi connectivity index (χ1n) is 17.6. The summed E-state index contributed by atoms with van der Waals surface area (Å²) in [7, 11) is 0. The van der Waals surface area contributed by atoms with Crippen LogP contribution in [-0.2, 0) is 14.3 Å². The molecule has 5 fully saturated rings. The molecule has 0 aromatic heterocycles. The van der Waals surface area contributed by atoms with Crippen molar-refractivity contribution in [3.05, 3.63) is 11.6 Å². The first kappa shape index (κ1) is 35.7. The number of allylic oxidation sites excluding steroid dienone is 2. The Bertz CT molecular complexity index is 1270. The summed E-state index contributed by atoms with van der Waals surface area (Å²) in [6, 6.07) is 0. The molecule has 0 aromatic rings. The van der Waals surface area contributed by atoms with Crippen molar-refractivity contribution in [2.24, 2.45) is 50.2 Å². The van der Waals surface area contributed by atoms with E-state index in [-0.39, 0.29) is 47.0 Å². The summed E-state index contributed by atoms with van der Waals surface area (Å²) in [5.41, 5.74) is -2.14. The van der Waals surface area contributed by atoms with E-state index in [1.807, 2.05) is 20.8 Å². The van der Waals surface area contributed by atoms with Crippen LogP contribution in [0, 0.1) is 50.2 Å². The Kier molecular flexibility index (Phi) is 8.68. The highest BCUT2D eigenvalue weighted by Crippen LogP contribution is 2.76. The summed E-state index contributed by atoms with van der Waals surface area (Å²) in [5.74, 6) is -0.724. The van der Waals surface area contributed by atoms with Gasteiger partial charge in [-0.1, -0.05) is 53.2 Å². The fourth-order valence-electron chi connectivity index (χ4n) is 12.1. The van der Waals surface area contributed by atoms with Crippen LogP contribution in [0.5, 0.6) is 0 Å². The van der Waals surface area contributed by atoms with Gasteiger partial charge in [-0.2, -0.15) is 0 Å². The van der Waals surface area contributed by atoms with Crippen molar-refractivity contribution in [1.29, 1.82) is 0 Å². The van der Waals surface area contributed by atoms with E-state index in [1.165, 1.54) is 5.57 Å². The molecular formula is C36H58O11. The zero-order chi connectivity index (χ0) is 34.7. The van der Waals surface area contributed by atoms with Crippen molar-refractivity contribution >= 4 is 5.97 Å². The molecule has 1 saturated heterocycles. The minimum absolute atomic E-state index is 0.0231. The van der Waals surface area contributed by atoms with Crippen LogP contribution in [0.4, 0.5) is 0 Å². The zero-order valence-electron chi connectivity index (χ0n) is 28.8. The molecule has 0 bridgehead atoms. The largest absolute Gasteiger partial charge is 0.432 e. The average molecular weight is 667 g/mol. The number of ether oxygens (including phenoxy) is 2. The monoisotopic (exact) mass is 666 g/mol. The Morgan fingerprint density at radius 1 is 0.872 bits per heavy atom. The number of carbonyl (C=O) groups is 1. The standard InChI is InChI=1S/C36H58O11/c1-31(2)13-19-18-7-8-23-32(3)14-20(39)28(44)33(4,17-38)22(32)9-10-35(23,6)34(18,5)11-12-36(19,15-24(31)40)30(45)47-29-27(43)26(42)25(41)21(16-37)46-29/h7,19-29,37-44H,8-17H2,1-6H3/t19-,20-,21-,22+,23-,24-,25-,26+,27-,28+,29+,32-,33+,34-,35-,36-/m1/s1. The Morgan fingerprint density at radius 2 is 1.55 bits per heavy atom. The number of esters is 1.